The zero-order valence-corrected chi connectivity index (χ0v) is 13.2. The van der Waals surface area contributed by atoms with Gasteiger partial charge in [0.05, 0.1) is 18.8 Å². The van der Waals surface area contributed by atoms with Crippen LogP contribution in [-0.2, 0) is 13.1 Å². The van der Waals surface area contributed by atoms with E-state index in [1.165, 1.54) is 11.1 Å². The number of aryl methyl sites for hydroxylation is 1. The lowest BCUT2D eigenvalue weighted by molar-refractivity contribution is 0.251. The highest BCUT2D eigenvalue weighted by atomic mass is 16.3. The van der Waals surface area contributed by atoms with Gasteiger partial charge in [0.2, 0.25) is 0 Å². The quantitative estimate of drug-likeness (QED) is 0.884. The summed E-state index contributed by atoms with van der Waals surface area (Å²) in [4.78, 5) is 6.37. The topological polar surface area (TPSA) is 54.2 Å². The molecule has 114 valence electrons. The molecule has 0 saturated carbocycles. The lowest BCUT2D eigenvalue weighted by atomic mass is 10.1. The van der Waals surface area contributed by atoms with Gasteiger partial charge in [0.15, 0.2) is 0 Å². The van der Waals surface area contributed by atoms with Crippen molar-refractivity contribution in [3.63, 3.8) is 0 Å². The van der Waals surface area contributed by atoms with Crippen molar-refractivity contribution < 1.29 is 5.11 Å². The third-order valence-electron chi connectivity index (χ3n) is 4.10. The van der Waals surface area contributed by atoms with Gasteiger partial charge in [-0.3, -0.25) is 14.6 Å². The van der Waals surface area contributed by atoms with Crippen LogP contribution < -0.4 is 0 Å². The molecule has 0 aliphatic carbocycles. The number of nitrogens with zero attached hydrogens (tertiary/aromatic N) is 4. The van der Waals surface area contributed by atoms with Crippen LogP contribution in [0.5, 0.6) is 0 Å². The summed E-state index contributed by atoms with van der Waals surface area (Å²) in [6.45, 7) is 7.79. The number of aliphatic hydroxyl groups excluding tert-OH is 1. The molecule has 0 radical (unpaired) electrons. The largest absolute Gasteiger partial charge is 0.394 e. The molecule has 2 aromatic rings. The Kier molecular flexibility index (Phi) is 5.09. The van der Waals surface area contributed by atoms with E-state index in [1.54, 1.807) is 0 Å². The predicted octanol–water partition coefficient (Wildman–Crippen LogP) is 2.08. The smallest absolute Gasteiger partial charge is 0.0644 e. The fraction of sp³-hybridized carbons (Fsp3) is 0.500. The number of hydrogen-bond donors (Lipinski definition) is 1. The van der Waals surface area contributed by atoms with Gasteiger partial charge in [0.1, 0.15) is 0 Å². The monoisotopic (exact) mass is 288 g/mol. The molecule has 0 bridgehead atoms. The van der Waals surface area contributed by atoms with Crippen LogP contribution in [0, 0.1) is 13.8 Å². The van der Waals surface area contributed by atoms with Crippen LogP contribution in [0.15, 0.2) is 24.5 Å². The molecule has 0 amide bonds. The van der Waals surface area contributed by atoms with Gasteiger partial charge >= 0.3 is 0 Å². The molecule has 1 N–H and O–H groups in total. The van der Waals surface area contributed by atoms with Gasteiger partial charge < -0.3 is 5.11 Å². The SMILES string of the molecule is Cc1nn(CCO)c(C)c1CN(C)[C@@H](C)c1ccncc1. The molecule has 0 spiro atoms. The minimum Gasteiger partial charge on any atom is -0.394 e. The van der Waals surface area contributed by atoms with Crippen LogP contribution in [0.1, 0.15) is 35.5 Å². The minimum atomic E-state index is 0.116. The number of aromatic nitrogens is 3. The van der Waals surface area contributed by atoms with Gasteiger partial charge in [-0.05, 0) is 45.5 Å². The van der Waals surface area contributed by atoms with Crippen LogP contribution >= 0.6 is 0 Å². The molecule has 0 unspecified atom stereocenters. The number of aliphatic hydroxyl groups is 1. The van der Waals surface area contributed by atoms with Crippen molar-refractivity contribution in [3.05, 3.63) is 47.0 Å². The zero-order valence-electron chi connectivity index (χ0n) is 13.2. The molecule has 2 rings (SSSR count). The molecule has 2 aromatic heterocycles. The molecule has 5 heteroatoms. The Morgan fingerprint density at radius 1 is 1.29 bits per heavy atom. The second-order valence-corrected chi connectivity index (χ2v) is 5.47. The summed E-state index contributed by atoms with van der Waals surface area (Å²) in [5, 5.41) is 13.6. The average molecular weight is 288 g/mol. The molecule has 0 aliphatic rings. The Hall–Kier alpha value is -1.72. The van der Waals surface area contributed by atoms with Gasteiger partial charge in [0, 0.05) is 36.2 Å². The Labute approximate surface area is 126 Å². The van der Waals surface area contributed by atoms with Crippen LogP contribution in [-0.4, -0.2) is 38.4 Å². The highest BCUT2D eigenvalue weighted by Crippen LogP contribution is 2.22. The molecule has 21 heavy (non-hydrogen) atoms. The van der Waals surface area contributed by atoms with E-state index < -0.39 is 0 Å². The maximum absolute atomic E-state index is 9.09. The highest BCUT2D eigenvalue weighted by Gasteiger charge is 2.17. The molecule has 1 atom stereocenters. The average Bonchev–Trinajstić information content (AvgIpc) is 2.75. The van der Waals surface area contributed by atoms with Crippen molar-refractivity contribution in [1.29, 1.82) is 0 Å². The van der Waals surface area contributed by atoms with Crippen molar-refractivity contribution in [3.8, 4) is 0 Å². The first kappa shape index (κ1) is 15.7. The summed E-state index contributed by atoms with van der Waals surface area (Å²) in [7, 11) is 2.12. The highest BCUT2D eigenvalue weighted by molar-refractivity contribution is 5.25. The summed E-state index contributed by atoms with van der Waals surface area (Å²) in [5.74, 6) is 0. The molecular weight excluding hydrogens is 264 g/mol. The molecule has 0 aromatic carbocycles. The van der Waals surface area contributed by atoms with E-state index >= 15 is 0 Å². The van der Waals surface area contributed by atoms with E-state index in [2.05, 4.69) is 48.0 Å². The summed E-state index contributed by atoms with van der Waals surface area (Å²) < 4.78 is 1.88. The third kappa shape index (κ3) is 3.49. The fourth-order valence-electron chi connectivity index (χ4n) is 2.56. The summed E-state index contributed by atoms with van der Waals surface area (Å²) in [6, 6.07) is 4.42. The lowest BCUT2D eigenvalue weighted by Gasteiger charge is -2.25. The van der Waals surface area contributed by atoms with Gasteiger partial charge in [-0.2, -0.15) is 5.10 Å². The van der Waals surface area contributed by atoms with Crippen LogP contribution in [0.4, 0.5) is 0 Å². The van der Waals surface area contributed by atoms with Gasteiger partial charge in [-0.25, -0.2) is 0 Å². The van der Waals surface area contributed by atoms with E-state index in [9.17, 15) is 0 Å². The van der Waals surface area contributed by atoms with Crippen LogP contribution in [0.25, 0.3) is 0 Å². The van der Waals surface area contributed by atoms with Crippen molar-refractivity contribution in [2.75, 3.05) is 13.7 Å². The van der Waals surface area contributed by atoms with E-state index in [4.69, 9.17) is 5.11 Å². The van der Waals surface area contributed by atoms with Crippen molar-refractivity contribution in [1.82, 2.24) is 19.7 Å². The molecule has 2 heterocycles. The maximum Gasteiger partial charge on any atom is 0.0644 e. The minimum absolute atomic E-state index is 0.116. The summed E-state index contributed by atoms with van der Waals surface area (Å²) >= 11 is 0. The molecule has 0 saturated heterocycles. The second-order valence-electron chi connectivity index (χ2n) is 5.47. The Morgan fingerprint density at radius 3 is 2.57 bits per heavy atom. The number of hydrogen-bond acceptors (Lipinski definition) is 4. The van der Waals surface area contributed by atoms with Crippen molar-refractivity contribution in [2.24, 2.45) is 0 Å². The first-order valence-electron chi connectivity index (χ1n) is 7.28. The van der Waals surface area contributed by atoms with E-state index in [0.29, 0.717) is 12.6 Å². The first-order chi connectivity index (χ1) is 10.0. The van der Waals surface area contributed by atoms with Crippen LogP contribution in [0.2, 0.25) is 0 Å². The Bertz CT molecular complexity index is 579. The zero-order chi connectivity index (χ0) is 15.4. The lowest BCUT2D eigenvalue weighted by Crippen LogP contribution is -2.22. The van der Waals surface area contributed by atoms with Crippen molar-refractivity contribution >= 4 is 0 Å². The normalized spacial score (nSPS) is 12.9. The van der Waals surface area contributed by atoms with E-state index in [0.717, 1.165) is 17.9 Å². The molecule has 0 fully saturated rings. The first-order valence-corrected chi connectivity index (χ1v) is 7.28. The van der Waals surface area contributed by atoms with Gasteiger partial charge in [-0.15, -0.1) is 0 Å². The van der Waals surface area contributed by atoms with E-state index in [-0.39, 0.29) is 6.61 Å². The molecule has 5 nitrogen and oxygen atoms in total. The molecular formula is C16H24N4O. The standard InChI is InChI=1S/C16H24N4O/c1-12-16(14(3)20(18-12)9-10-21)11-19(4)13(2)15-5-7-17-8-6-15/h5-8,13,21H,9-11H2,1-4H3/t13-/m0/s1. The number of rotatable bonds is 6. The van der Waals surface area contributed by atoms with Crippen LogP contribution in [0.3, 0.4) is 0 Å². The maximum atomic E-state index is 9.09. The predicted molar refractivity (Wildman–Crippen MR) is 82.9 cm³/mol. The van der Waals surface area contributed by atoms with Gasteiger partial charge in [0.25, 0.3) is 0 Å². The van der Waals surface area contributed by atoms with Gasteiger partial charge in [-0.1, -0.05) is 0 Å². The molecule has 0 aliphatic heterocycles. The Balaban J connectivity index is 2.14. The fourth-order valence-corrected chi connectivity index (χ4v) is 2.56. The number of pyridine rings is 1. The second kappa shape index (κ2) is 6.83. The Morgan fingerprint density at radius 2 is 1.95 bits per heavy atom. The third-order valence-corrected chi connectivity index (χ3v) is 4.10. The van der Waals surface area contributed by atoms with Crippen molar-refractivity contribution in [2.45, 2.75) is 39.9 Å². The summed E-state index contributed by atoms with van der Waals surface area (Å²) in [5.41, 5.74) is 4.67. The summed E-state index contributed by atoms with van der Waals surface area (Å²) in [6.07, 6.45) is 3.66. The van der Waals surface area contributed by atoms with E-state index in [1.807, 2.05) is 24.0 Å².